The normalized spacial score (nSPS) is 10.7. The van der Waals surface area contributed by atoms with E-state index < -0.39 is 5.97 Å². The molecule has 0 saturated carbocycles. The molecule has 0 amide bonds. The first-order chi connectivity index (χ1) is 7.11. The summed E-state index contributed by atoms with van der Waals surface area (Å²) in [6.07, 6.45) is 3.21. The van der Waals surface area contributed by atoms with Crippen LogP contribution in [-0.2, 0) is 0 Å². The van der Waals surface area contributed by atoms with Gasteiger partial charge in [0.25, 0.3) is 0 Å². The Bertz CT molecular complexity index is 537. The number of carbonyl (C=O) groups is 1. The van der Waals surface area contributed by atoms with E-state index in [2.05, 4.69) is 9.97 Å². The number of carboxylic acids is 1. The molecule has 2 rings (SSSR count). The number of rotatable bonds is 2. The number of nitrogens with zero attached hydrogens (tertiary/aromatic N) is 3. The Kier molecular flexibility index (Phi) is 2.24. The summed E-state index contributed by atoms with van der Waals surface area (Å²) in [6, 6.07) is 1.69. The summed E-state index contributed by atoms with van der Waals surface area (Å²) in [4.78, 5) is 18.7. The van der Waals surface area contributed by atoms with Gasteiger partial charge in [-0.05, 0) is 6.26 Å². The second-order valence-electron chi connectivity index (χ2n) is 2.82. The van der Waals surface area contributed by atoms with Crippen molar-refractivity contribution in [1.29, 1.82) is 0 Å². The summed E-state index contributed by atoms with van der Waals surface area (Å²) < 4.78 is 1.45. The van der Waals surface area contributed by atoms with Crippen LogP contribution in [0.1, 0.15) is 10.5 Å². The van der Waals surface area contributed by atoms with Gasteiger partial charge in [-0.15, -0.1) is 11.8 Å². The fourth-order valence-corrected chi connectivity index (χ4v) is 1.61. The molecular formula is C8H8N4O2S. The minimum absolute atomic E-state index is 0.0400. The number of nitrogens with two attached hydrogens (primary N) is 1. The van der Waals surface area contributed by atoms with Gasteiger partial charge in [0, 0.05) is 12.3 Å². The molecule has 7 heteroatoms. The van der Waals surface area contributed by atoms with E-state index >= 15 is 0 Å². The Morgan fingerprint density at radius 2 is 2.33 bits per heavy atom. The molecule has 0 fully saturated rings. The smallest absolute Gasteiger partial charge is 0.356 e. The largest absolute Gasteiger partial charge is 0.476 e. The van der Waals surface area contributed by atoms with Gasteiger partial charge in [0.1, 0.15) is 10.7 Å². The van der Waals surface area contributed by atoms with Gasteiger partial charge in [0.05, 0.1) is 0 Å². The molecule has 15 heavy (non-hydrogen) atoms. The molecule has 0 saturated heterocycles. The Labute approximate surface area is 89.1 Å². The van der Waals surface area contributed by atoms with Gasteiger partial charge >= 0.3 is 5.97 Å². The van der Waals surface area contributed by atoms with E-state index in [1.54, 1.807) is 6.07 Å². The highest BCUT2D eigenvalue weighted by Gasteiger charge is 2.11. The maximum Gasteiger partial charge on any atom is 0.356 e. The van der Waals surface area contributed by atoms with Crippen molar-refractivity contribution in [3.63, 3.8) is 0 Å². The third kappa shape index (κ3) is 1.61. The van der Waals surface area contributed by atoms with Crippen molar-refractivity contribution in [2.24, 2.45) is 0 Å². The van der Waals surface area contributed by atoms with Crippen molar-refractivity contribution in [2.75, 3.05) is 12.0 Å². The second-order valence-corrected chi connectivity index (χ2v) is 3.64. The molecule has 0 aliphatic heterocycles. The minimum Gasteiger partial charge on any atom is -0.476 e. The van der Waals surface area contributed by atoms with Crippen LogP contribution >= 0.6 is 11.8 Å². The monoisotopic (exact) mass is 224 g/mol. The van der Waals surface area contributed by atoms with Crippen LogP contribution in [0.3, 0.4) is 0 Å². The summed E-state index contributed by atoms with van der Waals surface area (Å²) in [5, 5.41) is 9.47. The van der Waals surface area contributed by atoms with E-state index in [1.165, 1.54) is 22.4 Å². The number of hydrogen-bond donors (Lipinski definition) is 2. The molecule has 2 aromatic rings. The van der Waals surface area contributed by atoms with Crippen LogP contribution in [0.5, 0.6) is 0 Å². The van der Waals surface area contributed by atoms with E-state index in [-0.39, 0.29) is 11.6 Å². The molecule has 0 aliphatic carbocycles. The zero-order chi connectivity index (χ0) is 11.0. The van der Waals surface area contributed by atoms with Gasteiger partial charge in [0.15, 0.2) is 5.69 Å². The Morgan fingerprint density at radius 3 is 2.93 bits per heavy atom. The van der Waals surface area contributed by atoms with Crippen LogP contribution in [-0.4, -0.2) is 31.7 Å². The first-order valence-corrected chi connectivity index (χ1v) is 5.27. The van der Waals surface area contributed by atoms with Gasteiger partial charge in [0.2, 0.25) is 5.95 Å². The Hall–Kier alpha value is -1.76. The van der Waals surface area contributed by atoms with Gasteiger partial charge in [-0.1, -0.05) is 0 Å². The molecule has 78 valence electrons. The van der Waals surface area contributed by atoms with Gasteiger partial charge in [-0.25, -0.2) is 14.8 Å². The molecular weight excluding hydrogens is 216 g/mol. The highest BCUT2D eigenvalue weighted by atomic mass is 32.2. The fourth-order valence-electron chi connectivity index (χ4n) is 1.20. The SMILES string of the molecule is CSc1cc2nc(C(=O)O)cn2c(N)n1. The van der Waals surface area contributed by atoms with Crippen molar-refractivity contribution in [1.82, 2.24) is 14.4 Å². The van der Waals surface area contributed by atoms with Crippen LogP contribution in [0.25, 0.3) is 5.65 Å². The number of imidazole rings is 1. The van der Waals surface area contributed by atoms with Gasteiger partial charge < -0.3 is 10.8 Å². The molecule has 0 radical (unpaired) electrons. The topological polar surface area (TPSA) is 93.5 Å². The zero-order valence-electron chi connectivity index (χ0n) is 7.84. The van der Waals surface area contributed by atoms with Crippen molar-refractivity contribution in [3.05, 3.63) is 18.0 Å². The lowest BCUT2D eigenvalue weighted by Gasteiger charge is -2.00. The third-order valence-corrected chi connectivity index (χ3v) is 2.51. The van der Waals surface area contributed by atoms with E-state index in [0.717, 1.165) is 0 Å². The Morgan fingerprint density at radius 1 is 1.60 bits per heavy atom. The highest BCUT2D eigenvalue weighted by Crippen LogP contribution is 2.17. The minimum atomic E-state index is -1.08. The number of anilines is 1. The number of nitrogen functional groups attached to an aromatic ring is 1. The van der Waals surface area contributed by atoms with E-state index in [0.29, 0.717) is 10.7 Å². The van der Waals surface area contributed by atoms with E-state index in [1.807, 2.05) is 6.26 Å². The number of thioether (sulfide) groups is 1. The van der Waals surface area contributed by atoms with Crippen LogP contribution < -0.4 is 5.73 Å². The number of carboxylic acid groups (broad SMARTS) is 1. The van der Waals surface area contributed by atoms with Crippen LogP contribution in [0.15, 0.2) is 17.3 Å². The maximum absolute atomic E-state index is 10.7. The number of fused-ring (bicyclic) bond motifs is 1. The second kappa shape index (κ2) is 3.43. The zero-order valence-corrected chi connectivity index (χ0v) is 8.65. The maximum atomic E-state index is 10.7. The van der Waals surface area contributed by atoms with E-state index in [4.69, 9.17) is 10.8 Å². The summed E-state index contributed by atoms with van der Waals surface area (Å²) in [5.74, 6) is -0.847. The van der Waals surface area contributed by atoms with Crippen molar-refractivity contribution < 1.29 is 9.90 Å². The van der Waals surface area contributed by atoms with Gasteiger partial charge in [-0.3, -0.25) is 4.40 Å². The number of aromatic nitrogens is 3. The predicted molar refractivity (Wildman–Crippen MR) is 56.1 cm³/mol. The molecule has 6 nitrogen and oxygen atoms in total. The first-order valence-electron chi connectivity index (χ1n) is 4.04. The predicted octanol–water partition coefficient (Wildman–Crippen LogP) is 0.732. The number of hydrogen-bond acceptors (Lipinski definition) is 5. The lowest BCUT2D eigenvalue weighted by molar-refractivity contribution is 0.0691. The van der Waals surface area contributed by atoms with Crippen LogP contribution in [0.2, 0.25) is 0 Å². The fraction of sp³-hybridized carbons (Fsp3) is 0.125. The molecule has 2 heterocycles. The van der Waals surface area contributed by atoms with Crippen LogP contribution in [0.4, 0.5) is 5.95 Å². The molecule has 0 aromatic carbocycles. The lowest BCUT2D eigenvalue weighted by Crippen LogP contribution is -2.00. The summed E-state index contributed by atoms with van der Waals surface area (Å²) >= 11 is 1.42. The average molecular weight is 224 g/mol. The Balaban J connectivity index is 2.69. The van der Waals surface area contributed by atoms with Crippen molar-refractivity contribution in [3.8, 4) is 0 Å². The molecule has 3 N–H and O–H groups in total. The quantitative estimate of drug-likeness (QED) is 0.577. The molecule has 0 unspecified atom stereocenters. The van der Waals surface area contributed by atoms with Crippen molar-refractivity contribution >= 4 is 29.3 Å². The average Bonchev–Trinajstić information content (AvgIpc) is 2.61. The molecule has 2 aromatic heterocycles. The van der Waals surface area contributed by atoms with Gasteiger partial charge in [-0.2, -0.15) is 0 Å². The first kappa shape index (κ1) is 9.78. The molecule has 0 spiro atoms. The molecule has 0 bridgehead atoms. The summed E-state index contributed by atoms with van der Waals surface area (Å²) in [6.45, 7) is 0. The van der Waals surface area contributed by atoms with Crippen molar-refractivity contribution in [2.45, 2.75) is 5.03 Å². The third-order valence-electron chi connectivity index (χ3n) is 1.89. The molecule has 0 atom stereocenters. The van der Waals surface area contributed by atoms with E-state index in [9.17, 15) is 4.79 Å². The number of aromatic carboxylic acids is 1. The summed E-state index contributed by atoms with van der Waals surface area (Å²) in [7, 11) is 0. The molecule has 0 aliphatic rings. The highest BCUT2D eigenvalue weighted by molar-refractivity contribution is 7.98. The lowest BCUT2D eigenvalue weighted by atomic mass is 10.5. The summed E-state index contributed by atoms with van der Waals surface area (Å²) in [5.41, 5.74) is 6.10. The van der Waals surface area contributed by atoms with Crippen LogP contribution in [0, 0.1) is 0 Å². The standard InChI is InChI=1S/C8H8N4O2S/c1-15-6-2-5-10-4(7(13)14)3-12(5)8(9)11-6/h2-3H,1H3,(H2,9,11)(H,13,14).